The minimum Gasteiger partial charge on any atom is -0.349 e. The lowest BCUT2D eigenvalue weighted by molar-refractivity contribution is -0.129. The van der Waals surface area contributed by atoms with E-state index in [9.17, 15) is 9.59 Å². The quantitative estimate of drug-likeness (QED) is 0.773. The number of carbonyl (C=O) groups excluding carboxylic acids is 2. The van der Waals surface area contributed by atoms with E-state index >= 15 is 0 Å². The van der Waals surface area contributed by atoms with E-state index in [4.69, 9.17) is 5.73 Å². The Morgan fingerprint density at radius 1 is 1.50 bits per heavy atom. The lowest BCUT2D eigenvalue weighted by Crippen LogP contribution is -2.43. The summed E-state index contributed by atoms with van der Waals surface area (Å²) >= 11 is 1.42. The summed E-state index contributed by atoms with van der Waals surface area (Å²) in [5.74, 6) is -0.306. The first kappa shape index (κ1) is 16.9. The average Bonchev–Trinajstić information content (AvgIpc) is 2.89. The molecular weight excluding hydrogens is 302 g/mol. The molecule has 1 aliphatic rings. The minimum atomic E-state index is -0.369. The van der Waals surface area contributed by atoms with Crippen molar-refractivity contribution in [1.29, 1.82) is 0 Å². The molecule has 3 N–H and O–H groups in total. The van der Waals surface area contributed by atoms with Gasteiger partial charge < -0.3 is 20.9 Å². The molecule has 0 spiro atoms. The molecule has 2 heterocycles. The third-order valence-corrected chi connectivity index (χ3v) is 4.74. The molecule has 0 saturated heterocycles. The largest absolute Gasteiger partial charge is 0.349 e. The molecule has 2 rings (SSSR count). The monoisotopic (exact) mass is 325 g/mol. The van der Waals surface area contributed by atoms with Gasteiger partial charge in [0.2, 0.25) is 5.91 Å². The van der Waals surface area contributed by atoms with Crippen LogP contribution in [0.5, 0.6) is 0 Å². The molecule has 1 aliphatic heterocycles. The Bertz CT molecular complexity index is 557. The number of carbonyl (C=O) groups is 2. The highest BCUT2D eigenvalue weighted by Gasteiger charge is 2.23. The van der Waals surface area contributed by atoms with E-state index < -0.39 is 0 Å². The highest BCUT2D eigenvalue weighted by molar-refractivity contribution is 7.13. The number of nitrogens with one attached hydrogen (secondary N) is 1. The van der Waals surface area contributed by atoms with Gasteiger partial charge in [0.25, 0.3) is 5.91 Å². The van der Waals surface area contributed by atoms with E-state index in [1.807, 2.05) is 0 Å². The van der Waals surface area contributed by atoms with Crippen molar-refractivity contribution in [3.63, 3.8) is 0 Å². The van der Waals surface area contributed by atoms with Gasteiger partial charge in [-0.3, -0.25) is 9.59 Å². The van der Waals surface area contributed by atoms with Gasteiger partial charge in [0.05, 0.1) is 11.7 Å². The molecule has 22 heavy (non-hydrogen) atoms. The number of thiazole rings is 1. The molecule has 0 fully saturated rings. The van der Waals surface area contributed by atoms with E-state index in [1.54, 1.807) is 14.1 Å². The Kier molecular flexibility index (Phi) is 5.49. The summed E-state index contributed by atoms with van der Waals surface area (Å²) in [5.41, 5.74) is 6.67. The van der Waals surface area contributed by atoms with Crippen LogP contribution in [0.25, 0.3) is 0 Å². The third kappa shape index (κ3) is 4.02. The highest BCUT2D eigenvalue weighted by atomic mass is 32.1. The Labute approximate surface area is 134 Å². The van der Waals surface area contributed by atoms with Gasteiger partial charge >= 0.3 is 0 Å². The van der Waals surface area contributed by atoms with Crippen molar-refractivity contribution in [2.45, 2.75) is 25.4 Å². The number of hydrogen-bond acceptors (Lipinski definition) is 6. The molecule has 8 heteroatoms. The fourth-order valence-corrected chi connectivity index (χ4v) is 3.35. The SMILES string of the molecule is CN1CCc2nc(C(=O)N[C@@H](CN)CC(=O)N(C)C)sc2C1. The van der Waals surface area contributed by atoms with Gasteiger partial charge in [-0.05, 0) is 7.05 Å². The summed E-state index contributed by atoms with van der Waals surface area (Å²) in [7, 11) is 5.42. The van der Waals surface area contributed by atoms with Crippen LogP contribution in [0, 0.1) is 0 Å². The van der Waals surface area contributed by atoms with Crippen LogP contribution >= 0.6 is 11.3 Å². The number of rotatable bonds is 5. The van der Waals surface area contributed by atoms with Crippen molar-refractivity contribution in [2.75, 3.05) is 34.2 Å². The zero-order valence-corrected chi connectivity index (χ0v) is 14.1. The molecule has 0 radical (unpaired) electrons. The first-order valence-electron chi connectivity index (χ1n) is 7.29. The maximum absolute atomic E-state index is 12.3. The smallest absolute Gasteiger partial charge is 0.280 e. The molecule has 0 bridgehead atoms. The second-order valence-electron chi connectivity index (χ2n) is 5.78. The summed E-state index contributed by atoms with van der Waals surface area (Å²) in [6.45, 7) is 2.01. The number of likely N-dealkylation sites (N-methyl/N-ethyl adjacent to an activating group) is 1. The van der Waals surface area contributed by atoms with Gasteiger partial charge in [-0.1, -0.05) is 0 Å². The zero-order valence-electron chi connectivity index (χ0n) is 13.3. The molecule has 1 aromatic rings. The molecule has 0 saturated carbocycles. The van der Waals surface area contributed by atoms with Crippen LogP contribution in [0.2, 0.25) is 0 Å². The molecule has 122 valence electrons. The number of nitrogens with two attached hydrogens (primary N) is 1. The normalized spacial score (nSPS) is 16.0. The number of amides is 2. The Hall–Kier alpha value is -1.51. The average molecular weight is 325 g/mol. The fourth-order valence-electron chi connectivity index (χ4n) is 2.25. The molecular formula is C14H23N5O2S. The Morgan fingerprint density at radius 3 is 2.86 bits per heavy atom. The first-order valence-corrected chi connectivity index (χ1v) is 8.10. The van der Waals surface area contributed by atoms with E-state index in [-0.39, 0.29) is 30.8 Å². The molecule has 0 aliphatic carbocycles. The number of fused-ring (bicyclic) bond motifs is 1. The van der Waals surface area contributed by atoms with Crippen molar-refractivity contribution < 1.29 is 9.59 Å². The standard InChI is InChI=1S/C14H23N5O2S/c1-18(2)12(20)6-9(7-15)16-13(21)14-17-10-4-5-19(3)8-11(10)22-14/h9H,4-8,15H2,1-3H3,(H,16,21)/t9-/m1/s1. The van der Waals surface area contributed by atoms with Crippen LogP contribution in [-0.4, -0.2) is 66.9 Å². The predicted octanol–water partition coefficient (Wildman–Crippen LogP) is -0.334. The topological polar surface area (TPSA) is 91.6 Å². The number of nitrogens with zero attached hydrogens (tertiary/aromatic N) is 3. The van der Waals surface area contributed by atoms with Gasteiger partial charge in [0, 0.05) is 51.4 Å². The minimum absolute atomic E-state index is 0.0594. The maximum atomic E-state index is 12.3. The Balaban J connectivity index is 2.00. The van der Waals surface area contributed by atoms with E-state index in [1.165, 1.54) is 16.2 Å². The van der Waals surface area contributed by atoms with Crippen LogP contribution < -0.4 is 11.1 Å². The van der Waals surface area contributed by atoms with Crippen molar-refractivity contribution in [3.05, 3.63) is 15.6 Å². The van der Waals surface area contributed by atoms with Gasteiger partial charge in [0.15, 0.2) is 5.01 Å². The second-order valence-corrected chi connectivity index (χ2v) is 6.86. The zero-order chi connectivity index (χ0) is 16.3. The van der Waals surface area contributed by atoms with Gasteiger partial charge in [0.1, 0.15) is 0 Å². The molecule has 7 nitrogen and oxygen atoms in total. The van der Waals surface area contributed by atoms with Crippen molar-refractivity contribution >= 4 is 23.2 Å². The molecule has 1 aromatic heterocycles. The van der Waals surface area contributed by atoms with E-state index in [0.29, 0.717) is 5.01 Å². The summed E-state index contributed by atoms with van der Waals surface area (Å²) in [4.78, 5) is 33.3. The predicted molar refractivity (Wildman–Crippen MR) is 85.8 cm³/mol. The highest BCUT2D eigenvalue weighted by Crippen LogP contribution is 2.24. The molecule has 0 aromatic carbocycles. The second kappa shape index (κ2) is 7.17. The van der Waals surface area contributed by atoms with Crippen LogP contribution in [0.15, 0.2) is 0 Å². The van der Waals surface area contributed by atoms with Crippen LogP contribution in [-0.2, 0) is 17.8 Å². The summed E-state index contributed by atoms with van der Waals surface area (Å²) in [5, 5.41) is 3.27. The summed E-state index contributed by atoms with van der Waals surface area (Å²) < 4.78 is 0. The Morgan fingerprint density at radius 2 is 2.23 bits per heavy atom. The van der Waals surface area contributed by atoms with Gasteiger partial charge in [-0.15, -0.1) is 11.3 Å². The van der Waals surface area contributed by atoms with Crippen molar-refractivity contribution in [2.24, 2.45) is 5.73 Å². The first-order chi connectivity index (χ1) is 10.4. The van der Waals surface area contributed by atoms with E-state index in [0.717, 1.165) is 30.1 Å². The van der Waals surface area contributed by atoms with Gasteiger partial charge in [-0.2, -0.15) is 0 Å². The summed E-state index contributed by atoms with van der Waals surface area (Å²) in [6.07, 6.45) is 1.07. The molecule has 1 atom stereocenters. The lowest BCUT2D eigenvalue weighted by Gasteiger charge is -2.20. The maximum Gasteiger partial charge on any atom is 0.280 e. The van der Waals surface area contributed by atoms with Crippen LogP contribution in [0.4, 0.5) is 0 Å². The molecule has 0 unspecified atom stereocenters. The third-order valence-electron chi connectivity index (χ3n) is 3.66. The van der Waals surface area contributed by atoms with Gasteiger partial charge in [-0.25, -0.2) is 4.98 Å². The molecule has 2 amide bonds. The lowest BCUT2D eigenvalue weighted by atomic mass is 10.2. The fraction of sp³-hybridized carbons (Fsp3) is 0.643. The van der Waals surface area contributed by atoms with Crippen LogP contribution in [0.3, 0.4) is 0 Å². The number of aromatic nitrogens is 1. The van der Waals surface area contributed by atoms with Crippen molar-refractivity contribution in [3.8, 4) is 0 Å². The van der Waals surface area contributed by atoms with Crippen LogP contribution in [0.1, 0.15) is 26.8 Å². The van der Waals surface area contributed by atoms with E-state index in [2.05, 4.69) is 22.2 Å². The summed E-state index contributed by atoms with van der Waals surface area (Å²) in [6, 6.07) is -0.369. The number of hydrogen-bond donors (Lipinski definition) is 2. The van der Waals surface area contributed by atoms with Crippen molar-refractivity contribution in [1.82, 2.24) is 20.1 Å².